The van der Waals surface area contributed by atoms with Gasteiger partial charge in [-0.2, -0.15) is 0 Å². The highest BCUT2D eigenvalue weighted by Gasteiger charge is 2.13. The zero-order chi connectivity index (χ0) is 21.0. The molecule has 0 atom stereocenters. The Balaban J connectivity index is 1.83. The van der Waals surface area contributed by atoms with Gasteiger partial charge < -0.3 is 23.9 Å². The van der Waals surface area contributed by atoms with E-state index in [0.717, 1.165) is 5.56 Å². The smallest absolute Gasteiger partial charge is 0.258 e. The molecule has 0 saturated heterocycles. The zero-order valence-corrected chi connectivity index (χ0v) is 17.2. The predicted molar refractivity (Wildman–Crippen MR) is 110 cm³/mol. The molecule has 1 N–H and O–H groups in total. The number of nitrogens with zero attached hydrogens (tertiary/aromatic N) is 2. The Morgan fingerprint density at radius 3 is 2.14 bits per heavy atom. The summed E-state index contributed by atoms with van der Waals surface area (Å²) in [5, 5.41) is 0.453. The molecule has 154 valence electrons. The fraction of sp³-hybridized carbons (Fsp3) is 0.333. The quantitative estimate of drug-likeness (QED) is 0.623. The number of benzene rings is 2. The van der Waals surface area contributed by atoms with E-state index in [2.05, 4.69) is 9.97 Å². The molecule has 8 heteroatoms. The minimum atomic E-state index is -0.217. The lowest BCUT2D eigenvalue weighted by molar-refractivity contribution is 0.308. The van der Waals surface area contributed by atoms with Gasteiger partial charge in [0.2, 0.25) is 0 Å². The largest absolute Gasteiger partial charge is 0.493 e. The van der Waals surface area contributed by atoms with Gasteiger partial charge in [-0.05, 0) is 30.8 Å². The maximum atomic E-state index is 12.5. The number of aromatic amines is 1. The summed E-state index contributed by atoms with van der Waals surface area (Å²) >= 11 is 0. The molecule has 29 heavy (non-hydrogen) atoms. The lowest BCUT2D eigenvalue weighted by Gasteiger charge is -2.17. The standard InChI is InChI=1S/C21H25N3O5/c1-24(11-13-6-7-16(26-2)17(8-13)27-3)12-20-22-15-10-19(29-5)18(28-4)9-14(15)21(25)23-20/h6-10H,11-12H2,1-5H3,(H,22,23,25). The Morgan fingerprint density at radius 1 is 0.862 bits per heavy atom. The first-order chi connectivity index (χ1) is 14.0. The lowest BCUT2D eigenvalue weighted by Crippen LogP contribution is -2.22. The molecule has 0 aliphatic carbocycles. The molecule has 0 fully saturated rings. The van der Waals surface area contributed by atoms with Crippen LogP contribution in [0.1, 0.15) is 11.4 Å². The highest BCUT2D eigenvalue weighted by molar-refractivity contribution is 5.81. The van der Waals surface area contributed by atoms with Crippen molar-refractivity contribution in [3.8, 4) is 23.0 Å². The molecule has 0 aliphatic heterocycles. The van der Waals surface area contributed by atoms with Crippen molar-refractivity contribution in [2.75, 3.05) is 35.5 Å². The molecule has 0 aliphatic rings. The van der Waals surface area contributed by atoms with Crippen molar-refractivity contribution < 1.29 is 18.9 Å². The summed E-state index contributed by atoms with van der Waals surface area (Å²) < 4.78 is 21.2. The number of nitrogens with one attached hydrogen (secondary N) is 1. The molecule has 2 aromatic carbocycles. The van der Waals surface area contributed by atoms with E-state index in [0.29, 0.717) is 52.8 Å². The van der Waals surface area contributed by atoms with E-state index in [1.807, 2.05) is 30.1 Å². The van der Waals surface area contributed by atoms with E-state index in [-0.39, 0.29) is 5.56 Å². The second kappa shape index (κ2) is 8.83. The maximum Gasteiger partial charge on any atom is 0.258 e. The molecule has 1 heterocycles. The topological polar surface area (TPSA) is 85.9 Å². The van der Waals surface area contributed by atoms with Crippen molar-refractivity contribution in [1.82, 2.24) is 14.9 Å². The number of aromatic nitrogens is 2. The fourth-order valence-electron chi connectivity index (χ4n) is 3.19. The van der Waals surface area contributed by atoms with Gasteiger partial charge in [-0.1, -0.05) is 6.07 Å². The van der Waals surface area contributed by atoms with Gasteiger partial charge >= 0.3 is 0 Å². The third kappa shape index (κ3) is 4.43. The number of hydrogen-bond acceptors (Lipinski definition) is 7. The summed E-state index contributed by atoms with van der Waals surface area (Å²) in [7, 11) is 8.25. The van der Waals surface area contributed by atoms with Crippen LogP contribution in [-0.4, -0.2) is 50.4 Å². The molecule has 0 unspecified atom stereocenters. The second-order valence-electron chi connectivity index (χ2n) is 6.60. The van der Waals surface area contributed by atoms with Crippen LogP contribution < -0.4 is 24.5 Å². The van der Waals surface area contributed by atoms with Crippen molar-refractivity contribution >= 4 is 10.9 Å². The van der Waals surface area contributed by atoms with Crippen LogP contribution >= 0.6 is 0 Å². The van der Waals surface area contributed by atoms with Crippen molar-refractivity contribution in [3.63, 3.8) is 0 Å². The van der Waals surface area contributed by atoms with Gasteiger partial charge in [-0.15, -0.1) is 0 Å². The molecular weight excluding hydrogens is 374 g/mol. The van der Waals surface area contributed by atoms with Crippen LogP contribution in [0.3, 0.4) is 0 Å². The highest BCUT2D eigenvalue weighted by atomic mass is 16.5. The molecule has 3 aromatic rings. The monoisotopic (exact) mass is 399 g/mol. The van der Waals surface area contributed by atoms with Crippen molar-refractivity contribution in [3.05, 3.63) is 52.1 Å². The lowest BCUT2D eigenvalue weighted by atomic mass is 10.2. The van der Waals surface area contributed by atoms with Crippen LogP contribution in [0.15, 0.2) is 35.1 Å². The van der Waals surface area contributed by atoms with Crippen molar-refractivity contribution in [1.29, 1.82) is 0 Å². The van der Waals surface area contributed by atoms with Crippen LogP contribution in [0.25, 0.3) is 10.9 Å². The number of rotatable bonds is 8. The van der Waals surface area contributed by atoms with Gasteiger partial charge in [0.15, 0.2) is 23.0 Å². The number of fused-ring (bicyclic) bond motifs is 1. The first-order valence-electron chi connectivity index (χ1n) is 9.03. The average Bonchev–Trinajstić information content (AvgIpc) is 2.72. The minimum absolute atomic E-state index is 0.217. The molecule has 0 spiro atoms. The molecule has 0 amide bonds. The van der Waals surface area contributed by atoms with Crippen LogP contribution in [0.4, 0.5) is 0 Å². The highest BCUT2D eigenvalue weighted by Crippen LogP contribution is 2.30. The van der Waals surface area contributed by atoms with E-state index >= 15 is 0 Å². The van der Waals surface area contributed by atoms with Crippen molar-refractivity contribution in [2.24, 2.45) is 0 Å². The summed E-state index contributed by atoms with van der Waals surface area (Å²) in [5.74, 6) is 2.95. The summed E-state index contributed by atoms with van der Waals surface area (Å²) in [6, 6.07) is 9.13. The van der Waals surface area contributed by atoms with Crippen LogP contribution in [0.5, 0.6) is 23.0 Å². The number of methoxy groups -OCH3 is 4. The van der Waals surface area contributed by atoms with Gasteiger partial charge in [0.25, 0.3) is 5.56 Å². The van der Waals surface area contributed by atoms with Gasteiger partial charge in [0.1, 0.15) is 5.82 Å². The normalized spacial score (nSPS) is 11.0. The first-order valence-corrected chi connectivity index (χ1v) is 9.03. The summed E-state index contributed by atoms with van der Waals surface area (Å²) in [4.78, 5) is 22.0. The SMILES string of the molecule is COc1ccc(CN(C)Cc2nc3cc(OC)c(OC)cc3c(=O)[nH]2)cc1OC. The molecule has 0 bridgehead atoms. The number of H-pyrrole nitrogens is 1. The Labute approximate surface area is 169 Å². The van der Waals surface area contributed by atoms with Gasteiger partial charge in [-0.25, -0.2) is 4.98 Å². The molecular formula is C21H25N3O5. The second-order valence-corrected chi connectivity index (χ2v) is 6.60. The zero-order valence-electron chi connectivity index (χ0n) is 17.2. The fourth-order valence-corrected chi connectivity index (χ4v) is 3.19. The predicted octanol–water partition coefficient (Wildman–Crippen LogP) is 2.59. The third-order valence-electron chi connectivity index (χ3n) is 4.58. The van der Waals surface area contributed by atoms with Crippen LogP contribution in [0.2, 0.25) is 0 Å². The van der Waals surface area contributed by atoms with Crippen LogP contribution in [-0.2, 0) is 13.1 Å². The van der Waals surface area contributed by atoms with Gasteiger partial charge in [0, 0.05) is 12.6 Å². The summed E-state index contributed by atoms with van der Waals surface area (Å²) in [5.41, 5.74) is 1.39. The Bertz CT molecular complexity index is 1060. The summed E-state index contributed by atoms with van der Waals surface area (Å²) in [6.45, 7) is 1.11. The molecule has 0 radical (unpaired) electrons. The number of hydrogen-bond donors (Lipinski definition) is 1. The summed E-state index contributed by atoms with van der Waals surface area (Å²) in [6.07, 6.45) is 0. The average molecular weight is 399 g/mol. The van der Waals surface area contributed by atoms with E-state index in [1.165, 1.54) is 7.11 Å². The Kier molecular flexibility index (Phi) is 6.23. The van der Waals surface area contributed by atoms with Gasteiger partial charge in [0.05, 0.1) is 45.9 Å². The van der Waals surface area contributed by atoms with E-state index < -0.39 is 0 Å². The number of ether oxygens (including phenoxy) is 4. The Hall–Kier alpha value is -3.26. The van der Waals surface area contributed by atoms with E-state index in [4.69, 9.17) is 18.9 Å². The first kappa shape index (κ1) is 20.5. The van der Waals surface area contributed by atoms with Crippen LogP contribution in [0, 0.1) is 0 Å². The molecule has 8 nitrogen and oxygen atoms in total. The molecule has 0 saturated carbocycles. The van der Waals surface area contributed by atoms with Gasteiger partial charge in [-0.3, -0.25) is 9.69 Å². The molecule has 1 aromatic heterocycles. The van der Waals surface area contributed by atoms with Crippen molar-refractivity contribution in [2.45, 2.75) is 13.1 Å². The van der Waals surface area contributed by atoms with E-state index in [9.17, 15) is 4.79 Å². The third-order valence-corrected chi connectivity index (χ3v) is 4.58. The maximum absolute atomic E-state index is 12.5. The Morgan fingerprint density at radius 2 is 1.48 bits per heavy atom. The van der Waals surface area contributed by atoms with E-state index in [1.54, 1.807) is 33.5 Å². The minimum Gasteiger partial charge on any atom is -0.493 e. The molecule has 3 rings (SSSR count).